The topological polar surface area (TPSA) is 0 Å². The van der Waals surface area contributed by atoms with Gasteiger partial charge in [-0.1, -0.05) is 61.9 Å². The molecule has 0 spiro atoms. The van der Waals surface area contributed by atoms with Gasteiger partial charge in [-0.2, -0.15) is 0 Å². The van der Waals surface area contributed by atoms with Crippen molar-refractivity contribution in [3.8, 4) is 0 Å². The second-order valence-corrected chi connectivity index (χ2v) is 7.32. The van der Waals surface area contributed by atoms with Crippen LogP contribution in [0.15, 0.2) is 54.6 Å². The van der Waals surface area contributed by atoms with Crippen molar-refractivity contribution in [1.82, 2.24) is 0 Å². The first-order valence-electron chi connectivity index (χ1n) is 9.14. The summed E-state index contributed by atoms with van der Waals surface area (Å²) in [4.78, 5) is 0. The van der Waals surface area contributed by atoms with E-state index >= 15 is 0 Å². The monoisotopic (exact) mass is 310 g/mol. The molecule has 4 aromatic rings. The van der Waals surface area contributed by atoms with Crippen LogP contribution < -0.4 is 0 Å². The third-order valence-electron chi connectivity index (χ3n) is 5.91. The number of fused-ring (bicyclic) bond motifs is 4. The largest absolute Gasteiger partial charge is 0.0654 e. The lowest BCUT2D eigenvalue weighted by molar-refractivity contribution is 0.633. The van der Waals surface area contributed by atoms with Crippen molar-refractivity contribution >= 4 is 32.3 Å². The molecule has 5 rings (SSSR count). The Labute approximate surface area is 143 Å². The van der Waals surface area contributed by atoms with Gasteiger partial charge in [0.2, 0.25) is 0 Å². The minimum Gasteiger partial charge on any atom is -0.0654 e. The van der Waals surface area contributed by atoms with Gasteiger partial charge in [0.1, 0.15) is 0 Å². The lowest BCUT2D eigenvalue weighted by Gasteiger charge is -2.15. The highest BCUT2D eigenvalue weighted by atomic mass is 14.3. The normalized spacial score (nSPS) is 16.5. The molecular weight excluding hydrogens is 288 g/mol. The Morgan fingerprint density at radius 2 is 1.71 bits per heavy atom. The van der Waals surface area contributed by atoms with E-state index in [0.29, 0.717) is 5.92 Å². The highest BCUT2D eigenvalue weighted by Gasteiger charge is 2.27. The molecule has 4 aromatic carbocycles. The minimum atomic E-state index is 0.679. The second-order valence-electron chi connectivity index (χ2n) is 7.32. The van der Waals surface area contributed by atoms with Crippen molar-refractivity contribution in [2.75, 3.05) is 0 Å². The highest BCUT2D eigenvalue weighted by Crippen LogP contribution is 2.46. The van der Waals surface area contributed by atoms with Crippen LogP contribution in [0, 0.1) is 6.92 Å². The quantitative estimate of drug-likeness (QED) is 0.279. The smallest absolute Gasteiger partial charge is 0.00961 e. The number of benzene rings is 4. The van der Waals surface area contributed by atoms with Crippen molar-refractivity contribution in [2.24, 2.45) is 0 Å². The molecule has 1 aliphatic rings. The summed E-state index contributed by atoms with van der Waals surface area (Å²) in [6.07, 6.45) is 3.76. The van der Waals surface area contributed by atoms with Gasteiger partial charge in [0.25, 0.3) is 0 Å². The molecule has 0 bridgehead atoms. The maximum Gasteiger partial charge on any atom is -0.00961 e. The first-order chi connectivity index (χ1) is 11.8. The summed E-state index contributed by atoms with van der Waals surface area (Å²) in [5.74, 6) is 0.679. The maximum atomic E-state index is 2.42. The number of rotatable bonds is 2. The third-order valence-corrected chi connectivity index (χ3v) is 5.91. The Balaban J connectivity index is 1.99. The Hall–Kier alpha value is -2.34. The Bertz CT molecular complexity index is 1100. The number of hydrogen-bond acceptors (Lipinski definition) is 0. The van der Waals surface area contributed by atoms with Crippen molar-refractivity contribution in [3.63, 3.8) is 0 Å². The maximum absolute atomic E-state index is 2.42. The number of hydrogen-bond donors (Lipinski definition) is 0. The molecule has 1 aliphatic carbocycles. The zero-order chi connectivity index (χ0) is 16.3. The van der Waals surface area contributed by atoms with Crippen molar-refractivity contribution in [1.29, 1.82) is 0 Å². The fourth-order valence-corrected chi connectivity index (χ4v) is 4.81. The average molecular weight is 310 g/mol. The van der Waals surface area contributed by atoms with Crippen molar-refractivity contribution < 1.29 is 0 Å². The van der Waals surface area contributed by atoms with E-state index in [1.54, 1.807) is 16.5 Å². The molecule has 0 amide bonds. The molecular formula is C24H22. The van der Waals surface area contributed by atoms with Gasteiger partial charge in [-0.15, -0.1) is 0 Å². The van der Waals surface area contributed by atoms with Gasteiger partial charge in [0.15, 0.2) is 0 Å². The van der Waals surface area contributed by atoms with Gasteiger partial charge >= 0.3 is 0 Å². The van der Waals surface area contributed by atoms with Crippen LogP contribution in [0.5, 0.6) is 0 Å². The lowest BCUT2D eigenvalue weighted by Crippen LogP contribution is -1.97. The van der Waals surface area contributed by atoms with Gasteiger partial charge in [0.05, 0.1) is 0 Å². The second kappa shape index (κ2) is 5.08. The summed E-state index contributed by atoms with van der Waals surface area (Å²) in [6, 6.07) is 20.5. The summed E-state index contributed by atoms with van der Waals surface area (Å²) in [7, 11) is 0. The van der Waals surface area contributed by atoms with Crippen molar-refractivity contribution in [3.05, 3.63) is 71.3 Å². The number of aryl methyl sites for hydroxylation is 1. The van der Waals surface area contributed by atoms with Gasteiger partial charge < -0.3 is 0 Å². The summed E-state index contributed by atoms with van der Waals surface area (Å²) >= 11 is 0. The Morgan fingerprint density at radius 1 is 0.875 bits per heavy atom. The van der Waals surface area contributed by atoms with Crippen LogP contribution in [0.1, 0.15) is 42.4 Å². The SMILES string of the molecule is CCCC1Cc2c(C)ccc3cc4c(ccc5ccccc54)c1c23. The molecule has 0 heterocycles. The Morgan fingerprint density at radius 3 is 2.58 bits per heavy atom. The molecule has 0 saturated carbocycles. The van der Waals surface area contributed by atoms with E-state index in [-0.39, 0.29) is 0 Å². The van der Waals surface area contributed by atoms with E-state index < -0.39 is 0 Å². The lowest BCUT2D eigenvalue weighted by atomic mass is 9.89. The van der Waals surface area contributed by atoms with E-state index in [0.717, 1.165) is 0 Å². The molecule has 0 heteroatoms. The fourth-order valence-electron chi connectivity index (χ4n) is 4.81. The van der Waals surface area contributed by atoms with Gasteiger partial charge in [-0.25, -0.2) is 0 Å². The predicted molar refractivity (Wildman–Crippen MR) is 105 cm³/mol. The zero-order valence-corrected chi connectivity index (χ0v) is 14.4. The molecule has 0 aromatic heterocycles. The molecule has 24 heavy (non-hydrogen) atoms. The van der Waals surface area contributed by atoms with Crippen LogP contribution >= 0.6 is 0 Å². The molecule has 0 fully saturated rings. The summed E-state index contributed by atoms with van der Waals surface area (Å²) < 4.78 is 0. The molecule has 0 radical (unpaired) electrons. The molecule has 0 nitrogen and oxygen atoms in total. The van der Waals surface area contributed by atoms with E-state index in [1.807, 2.05) is 0 Å². The van der Waals surface area contributed by atoms with E-state index in [4.69, 9.17) is 0 Å². The molecule has 1 unspecified atom stereocenters. The van der Waals surface area contributed by atoms with Crippen LogP contribution in [0.25, 0.3) is 32.3 Å². The van der Waals surface area contributed by atoms with E-state index in [2.05, 4.69) is 68.4 Å². The molecule has 1 atom stereocenters. The van der Waals surface area contributed by atoms with Crippen LogP contribution in [-0.2, 0) is 6.42 Å². The van der Waals surface area contributed by atoms with Gasteiger partial charge in [0, 0.05) is 0 Å². The standard InChI is InChI=1S/C24H22/c1-3-6-17-13-21-15(2)9-10-18-14-22-19-8-5-4-7-16(19)11-12-20(22)23(17)24(18)21/h4-5,7-12,14,17H,3,6,13H2,1-2H3. The minimum absolute atomic E-state index is 0.679. The van der Waals surface area contributed by atoms with E-state index in [1.165, 1.54) is 51.8 Å². The van der Waals surface area contributed by atoms with Crippen molar-refractivity contribution in [2.45, 2.75) is 39.0 Å². The first-order valence-corrected chi connectivity index (χ1v) is 9.14. The summed E-state index contributed by atoms with van der Waals surface area (Å²) in [5.41, 5.74) is 4.67. The Kier molecular flexibility index (Phi) is 2.97. The molecule has 118 valence electrons. The van der Waals surface area contributed by atoms with Crippen LogP contribution in [0.4, 0.5) is 0 Å². The molecule has 0 N–H and O–H groups in total. The zero-order valence-electron chi connectivity index (χ0n) is 14.4. The predicted octanol–water partition coefficient (Wildman–Crippen LogP) is 6.89. The molecule has 0 aliphatic heterocycles. The van der Waals surface area contributed by atoms with E-state index in [9.17, 15) is 0 Å². The van der Waals surface area contributed by atoms with Crippen LogP contribution in [-0.4, -0.2) is 0 Å². The van der Waals surface area contributed by atoms with Crippen LogP contribution in [0.2, 0.25) is 0 Å². The highest BCUT2D eigenvalue weighted by molar-refractivity contribution is 6.15. The summed E-state index contributed by atoms with van der Waals surface area (Å²) in [5, 5.41) is 8.60. The van der Waals surface area contributed by atoms with Gasteiger partial charge in [-0.3, -0.25) is 0 Å². The third kappa shape index (κ3) is 1.80. The summed E-state index contributed by atoms with van der Waals surface area (Å²) in [6.45, 7) is 4.59. The fraction of sp³-hybridized carbons (Fsp3) is 0.250. The van der Waals surface area contributed by atoms with Gasteiger partial charge in [-0.05, 0) is 80.8 Å². The molecule has 0 saturated heterocycles. The van der Waals surface area contributed by atoms with Crippen LogP contribution in [0.3, 0.4) is 0 Å². The first kappa shape index (κ1) is 14.0. The average Bonchev–Trinajstić information content (AvgIpc) is 2.99.